The van der Waals surface area contributed by atoms with Crippen molar-refractivity contribution in [3.8, 4) is 0 Å². The lowest BCUT2D eigenvalue weighted by Crippen LogP contribution is -2.14. The number of rotatable bonds is 4. The summed E-state index contributed by atoms with van der Waals surface area (Å²) in [7, 11) is 1.90. The van der Waals surface area contributed by atoms with Crippen LogP contribution in [0.15, 0.2) is 54.7 Å². The monoisotopic (exact) mass is 325 g/mol. The number of halogens is 1. The summed E-state index contributed by atoms with van der Waals surface area (Å²) in [4.78, 5) is 6.39. The quantitative estimate of drug-likeness (QED) is 0.773. The van der Waals surface area contributed by atoms with E-state index in [0.717, 1.165) is 16.9 Å². The lowest BCUT2D eigenvalue weighted by Gasteiger charge is -2.17. The third-order valence-corrected chi connectivity index (χ3v) is 3.69. The first-order chi connectivity index (χ1) is 11.1. The molecule has 1 N–H and O–H groups in total. The number of nitrogens with zero attached hydrogens (tertiary/aromatic N) is 4. The lowest BCUT2D eigenvalue weighted by molar-refractivity contribution is 0.932. The Morgan fingerprint density at radius 1 is 1.09 bits per heavy atom. The fraction of sp³-hybridized carbons (Fsp3) is 0.118. The maximum Gasteiger partial charge on any atom is 0.251 e. The van der Waals surface area contributed by atoms with Crippen LogP contribution in [0.1, 0.15) is 5.56 Å². The Morgan fingerprint density at radius 3 is 2.65 bits per heavy atom. The van der Waals surface area contributed by atoms with Crippen molar-refractivity contribution in [1.82, 2.24) is 15.2 Å². The van der Waals surface area contributed by atoms with Gasteiger partial charge in [-0.3, -0.25) is 0 Å². The molecule has 0 amide bonds. The second-order valence-corrected chi connectivity index (χ2v) is 5.56. The van der Waals surface area contributed by atoms with Gasteiger partial charge < -0.3 is 10.2 Å². The summed E-state index contributed by atoms with van der Waals surface area (Å²) in [6.45, 7) is 2.00. The zero-order chi connectivity index (χ0) is 16.2. The summed E-state index contributed by atoms with van der Waals surface area (Å²) in [5.74, 6) is 1.13. The molecule has 0 unspecified atom stereocenters. The summed E-state index contributed by atoms with van der Waals surface area (Å²) in [6.07, 6.45) is 1.59. The van der Waals surface area contributed by atoms with Crippen LogP contribution in [0.25, 0.3) is 0 Å². The summed E-state index contributed by atoms with van der Waals surface area (Å²) in [5, 5.41) is 12.0. The minimum atomic E-state index is 0.515. The molecule has 0 radical (unpaired) electrons. The number of aryl methyl sites for hydroxylation is 1. The van der Waals surface area contributed by atoms with Crippen LogP contribution in [0.2, 0.25) is 5.02 Å². The Kier molecular flexibility index (Phi) is 4.39. The van der Waals surface area contributed by atoms with Crippen molar-refractivity contribution < 1.29 is 0 Å². The van der Waals surface area contributed by atoms with Gasteiger partial charge in [0, 0.05) is 23.4 Å². The molecule has 0 aliphatic carbocycles. The van der Waals surface area contributed by atoms with Gasteiger partial charge in [-0.15, -0.1) is 5.10 Å². The molecule has 0 spiro atoms. The Hall–Kier alpha value is -2.66. The molecular weight excluding hydrogens is 310 g/mol. The van der Waals surface area contributed by atoms with Gasteiger partial charge in [0.05, 0.1) is 6.20 Å². The van der Waals surface area contributed by atoms with E-state index in [2.05, 4.69) is 20.5 Å². The number of para-hydroxylation sites is 1. The smallest absolute Gasteiger partial charge is 0.251 e. The molecule has 0 aliphatic rings. The van der Waals surface area contributed by atoms with Gasteiger partial charge in [-0.25, -0.2) is 0 Å². The average Bonchev–Trinajstić information content (AvgIpc) is 2.58. The Labute approximate surface area is 140 Å². The number of hydrogen-bond donors (Lipinski definition) is 1. The molecule has 23 heavy (non-hydrogen) atoms. The van der Waals surface area contributed by atoms with Crippen LogP contribution >= 0.6 is 11.6 Å². The highest BCUT2D eigenvalue weighted by Gasteiger charge is 2.09. The minimum absolute atomic E-state index is 0.515. The third-order valence-electron chi connectivity index (χ3n) is 3.45. The maximum absolute atomic E-state index is 6.05. The number of benzene rings is 2. The van der Waals surface area contributed by atoms with Crippen molar-refractivity contribution in [1.29, 1.82) is 0 Å². The third kappa shape index (κ3) is 3.57. The van der Waals surface area contributed by atoms with Gasteiger partial charge in [0.15, 0.2) is 5.82 Å². The Balaban J connectivity index is 1.87. The Morgan fingerprint density at radius 2 is 1.87 bits per heavy atom. The van der Waals surface area contributed by atoms with Gasteiger partial charge in [0.25, 0.3) is 5.95 Å². The van der Waals surface area contributed by atoms with Crippen molar-refractivity contribution in [2.45, 2.75) is 6.92 Å². The first kappa shape index (κ1) is 15.2. The van der Waals surface area contributed by atoms with E-state index in [1.807, 2.05) is 67.4 Å². The van der Waals surface area contributed by atoms with Crippen LogP contribution in [0.4, 0.5) is 23.1 Å². The van der Waals surface area contributed by atoms with Crippen LogP contribution in [0, 0.1) is 6.92 Å². The molecule has 3 aromatic rings. The predicted molar refractivity (Wildman–Crippen MR) is 93.8 cm³/mol. The second-order valence-electron chi connectivity index (χ2n) is 5.12. The lowest BCUT2D eigenvalue weighted by atomic mass is 10.2. The van der Waals surface area contributed by atoms with Crippen molar-refractivity contribution >= 4 is 34.7 Å². The summed E-state index contributed by atoms with van der Waals surface area (Å²) >= 11 is 6.05. The molecule has 2 aromatic carbocycles. The highest BCUT2D eigenvalue weighted by molar-refractivity contribution is 6.30. The molecule has 116 valence electrons. The van der Waals surface area contributed by atoms with E-state index >= 15 is 0 Å². The van der Waals surface area contributed by atoms with Crippen LogP contribution in [-0.2, 0) is 0 Å². The minimum Gasteiger partial charge on any atom is -0.339 e. The van der Waals surface area contributed by atoms with Crippen molar-refractivity contribution in [3.63, 3.8) is 0 Å². The second kappa shape index (κ2) is 6.62. The number of nitrogens with one attached hydrogen (secondary N) is 1. The van der Waals surface area contributed by atoms with Gasteiger partial charge in [-0.05, 0) is 36.8 Å². The van der Waals surface area contributed by atoms with Crippen LogP contribution < -0.4 is 10.2 Å². The van der Waals surface area contributed by atoms with Crippen molar-refractivity contribution in [3.05, 3.63) is 65.3 Å². The molecule has 3 rings (SSSR count). The van der Waals surface area contributed by atoms with Crippen LogP contribution in [-0.4, -0.2) is 22.2 Å². The van der Waals surface area contributed by atoms with E-state index in [-0.39, 0.29) is 0 Å². The van der Waals surface area contributed by atoms with Crippen molar-refractivity contribution in [2.24, 2.45) is 0 Å². The molecule has 6 heteroatoms. The number of hydrogen-bond acceptors (Lipinski definition) is 5. The van der Waals surface area contributed by atoms with E-state index in [1.54, 1.807) is 6.20 Å². The topological polar surface area (TPSA) is 53.9 Å². The summed E-state index contributed by atoms with van der Waals surface area (Å²) < 4.78 is 0. The molecule has 0 saturated carbocycles. The fourth-order valence-corrected chi connectivity index (χ4v) is 2.30. The average molecular weight is 326 g/mol. The molecular formula is C17H16ClN5. The number of aromatic nitrogens is 3. The largest absolute Gasteiger partial charge is 0.339 e. The molecule has 0 saturated heterocycles. The van der Waals surface area contributed by atoms with Crippen molar-refractivity contribution in [2.75, 3.05) is 17.3 Å². The van der Waals surface area contributed by atoms with Gasteiger partial charge in [-0.2, -0.15) is 10.1 Å². The molecule has 0 fully saturated rings. The fourth-order valence-electron chi connectivity index (χ4n) is 2.13. The Bertz CT molecular complexity index is 807. The standard InChI is InChI=1S/C17H16ClN5/c1-12-8-9-13(18)10-15(12)20-16-11-19-22-17(21-16)23(2)14-6-4-3-5-7-14/h3-11H,1-2H3,(H,20,21,22). The van der Waals surface area contributed by atoms with Gasteiger partial charge in [0.1, 0.15) is 0 Å². The highest BCUT2D eigenvalue weighted by Crippen LogP contribution is 2.24. The number of anilines is 4. The van der Waals surface area contributed by atoms with E-state index in [1.165, 1.54) is 0 Å². The van der Waals surface area contributed by atoms with Gasteiger partial charge in [0.2, 0.25) is 0 Å². The molecule has 5 nitrogen and oxygen atoms in total. The molecule has 0 atom stereocenters. The first-order valence-corrected chi connectivity index (χ1v) is 7.53. The summed E-state index contributed by atoms with van der Waals surface area (Å²) in [5.41, 5.74) is 2.96. The van der Waals surface area contributed by atoms with E-state index in [4.69, 9.17) is 11.6 Å². The maximum atomic E-state index is 6.05. The summed E-state index contributed by atoms with van der Waals surface area (Å²) in [6, 6.07) is 15.6. The van der Waals surface area contributed by atoms with E-state index in [0.29, 0.717) is 16.8 Å². The zero-order valence-electron chi connectivity index (χ0n) is 12.9. The van der Waals surface area contributed by atoms with Gasteiger partial charge >= 0.3 is 0 Å². The first-order valence-electron chi connectivity index (χ1n) is 7.15. The zero-order valence-corrected chi connectivity index (χ0v) is 13.6. The molecule has 1 heterocycles. The molecule has 0 aliphatic heterocycles. The molecule has 0 bridgehead atoms. The van der Waals surface area contributed by atoms with Gasteiger partial charge in [-0.1, -0.05) is 35.9 Å². The van der Waals surface area contributed by atoms with Crippen LogP contribution in [0.3, 0.4) is 0 Å². The normalized spacial score (nSPS) is 10.4. The predicted octanol–water partition coefficient (Wildman–Crippen LogP) is 4.34. The SMILES string of the molecule is Cc1ccc(Cl)cc1Nc1cnnc(N(C)c2ccccc2)n1. The highest BCUT2D eigenvalue weighted by atomic mass is 35.5. The van der Waals surface area contributed by atoms with E-state index in [9.17, 15) is 0 Å². The molecule has 1 aromatic heterocycles. The van der Waals surface area contributed by atoms with Crippen LogP contribution in [0.5, 0.6) is 0 Å². The van der Waals surface area contributed by atoms with E-state index < -0.39 is 0 Å².